The molecular weight excluding hydrogens is 501 g/mol. The summed E-state index contributed by atoms with van der Waals surface area (Å²) in [6.07, 6.45) is -7.71. The summed E-state index contributed by atoms with van der Waals surface area (Å²) < 4.78 is 93.7. The van der Waals surface area contributed by atoms with E-state index in [4.69, 9.17) is 28.4 Å². The highest BCUT2D eigenvalue weighted by molar-refractivity contribution is 7.87. The summed E-state index contributed by atoms with van der Waals surface area (Å²) in [5, 5.41) is 0. The fourth-order valence-corrected chi connectivity index (χ4v) is 3.12. The smallest absolute Gasteiger partial charge is 0.463 e. The summed E-state index contributed by atoms with van der Waals surface area (Å²) >= 11 is 0. The highest BCUT2D eigenvalue weighted by Gasteiger charge is 2.53. The van der Waals surface area contributed by atoms with Gasteiger partial charge >= 0.3 is 39.5 Å². The SMILES string of the molecule is CC(=O)OC[C@H]1O[C@@H](OCCOS(=O)(=O)C(F)(F)F)[C@H](OC(C)=O)[C@@H](OC(C)=O)[C@@H]1OC(C)=O. The molecule has 1 aliphatic heterocycles. The van der Waals surface area contributed by atoms with Crippen LogP contribution in [0.1, 0.15) is 27.7 Å². The van der Waals surface area contributed by atoms with Gasteiger partial charge in [0.1, 0.15) is 12.7 Å². The quantitative estimate of drug-likeness (QED) is 0.123. The minimum absolute atomic E-state index is 0.559. The van der Waals surface area contributed by atoms with E-state index in [1.165, 1.54) is 0 Å². The van der Waals surface area contributed by atoms with Crippen LogP contribution in [0.5, 0.6) is 0 Å². The van der Waals surface area contributed by atoms with Gasteiger partial charge in [-0.2, -0.15) is 21.6 Å². The van der Waals surface area contributed by atoms with Crippen LogP contribution >= 0.6 is 0 Å². The highest BCUT2D eigenvalue weighted by Crippen LogP contribution is 2.30. The van der Waals surface area contributed by atoms with Gasteiger partial charge < -0.3 is 28.4 Å². The van der Waals surface area contributed by atoms with Crippen LogP contribution in [0.15, 0.2) is 0 Å². The molecule has 0 aromatic carbocycles. The van der Waals surface area contributed by atoms with E-state index >= 15 is 0 Å². The number of alkyl halides is 3. The van der Waals surface area contributed by atoms with Crippen LogP contribution in [0.25, 0.3) is 0 Å². The molecule has 0 unspecified atom stereocenters. The second kappa shape index (κ2) is 12.3. The Labute approximate surface area is 191 Å². The molecule has 34 heavy (non-hydrogen) atoms. The number of carbonyl (C=O) groups excluding carboxylic acids is 4. The molecule has 1 heterocycles. The van der Waals surface area contributed by atoms with Gasteiger partial charge in [0, 0.05) is 27.7 Å². The third kappa shape index (κ3) is 9.03. The lowest BCUT2D eigenvalue weighted by Gasteiger charge is -2.44. The van der Waals surface area contributed by atoms with E-state index in [0.29, 0.717) is 0 Å². The van der Waals surface area contributed by atoms with Crippen LogP contribution in [-0.4, -0.2) is 88.3 Å². The third-order valence-corrected chi connectivity index (χ3v) is 4.88. The third-order valence-electron chi connectivity index (χ3n) is 3.84. The molecule has 17 heteroatoms. The lowest BCUT2D eigenvalue weighted by atomic mass is 9.98. The lowest BCUT2D eigenvalue weighted by Crippen LogP contribution is -2.63. The monoisotopic (exact) mass is 524 g/mol. The van der Waals surface area contributed by atoms with Gasteiger partial charge in [-0.3, -0.25) is 23.4 Å². The van der Waals surface area contributed by atoms with Gasteiger partial charge in [-0.15, -0.1) is 0 Å². The van der Waals surface area contributed by atoms with Gasteiger partial charge in [0.25, 0.3) is 0 Å². The predicted molar refractivity (Wildman–Crippen MR) is 98.8 cm³/mol. The van der Waals surface area contributed by atoms with Crippen molar-refractivity contribution >= 4 is 34.0 Å². The number of halogens is 3. The topological polar surface area (TPSA) is 167 Å². The molecule has 196 valence electrons. The average Bonchev–Trinajstić information content (AvgIpc) is 2.65. The molecule has 1 saturated heterocycles. The maximum absolute atomic E-state index is 12.4. The van der Waals surface area contributed by atoms with E-state index in [2.05, 4.69) is 4.18 Å². The maximum Gasteiger partial charge on any atom is 0.523 e. The summed E-state index contributed by atoms with van der Waals surface area (Å²) in [4.78, 5) is 46.1. The van der Waals surface area contributed by atoms with E-state index in [1.807, 2.05) is 0 Å². The summed E-state index contributed by atoms with van der Waals surface area (Å²) in [6.45, 7) is 1.51. The molecule has 0 aromatic heterocycles. The number of rotatable bonds is 10. The molecule has 0 amide bonds. The lowest BCUT2D eigenvalue weighted by molar-refractivity contribution is -0.308. The Morgan fingerprint density at radius 2 is 1.29 bits per heavy atom. The molecule has 0 bridgehead atoms. The molecule has 0 N–H and O–H groups in total. The molecule has 5 atom stereocenters. The van der Waals surface area contributed by atoms with Crippen molar-refractivity contribution in [1.29, 1.82) is 0 Å². The Balaban J connectivity index is 3.16. The van der Waals surface area contributed by atoms with Crippen LogP contribution in [0.2, 0.25) is 0 Å². The van der Waals surface area contributed by atoms with Crippen molar-refractivity contribution in [2.75, 3.05) is 19.8 Å². The van der Waals surface area contributed by atoms with Crippen LogP contribution in [0, 0.1) is 0 Å². The summed E-state index contributed by atoms with van der Waals surface area (Å²) in [7, 11) is -5.90. The van der Waals surface area contributed by atoms with Crippen molar-refractivity contribution in [3.05, 3.63) is 0 Å². The van der Waals surface area contributed by atoms with Gasteiger partial charge in [-0.1, -0.05) is 0 Å². The van der Waals surface area contributed by atoms with Crippen molar-refractivity contribution < 1.29 is 73.4 Å². The molecule has 0 aromatic rings. The summed E-state index contributed by atoms with van der Waals surface area (Å²) in [5.74, 6) is -3.48. The molecule has 0 saturated carbocycles. The number of esters is 4. The zero-order valence-electron chi connectivity index (χ0n) is 18.4. The van der Waals surface area contributed by atoms with Crippen molar-refractivity contribution in [1.82, 2.24) is 0 Å². The Hall–Kier alpha value is -2.50. The maximum atomic E-state index is 12.4. The Bertz CT molecular complexity index is 857. The van der Waals surface area contributed by atoms with Crippen LogP contribution in [0.4, 0.5) is 13.2 Å². The second-order valence-corrected chi connectivity index (χ2v) is 8.27. The number of carbonyl (C=O) groups is 4. The molecule has 0 aliphatic carbocycles. The normalized spacial score (nSPS) is 25.2. The first-order valence-corrected chi connectivity index (χ1v) is 10.8. The molecule has 1 aliphatic rings. The minimum atomic E-state index is -5.90. The standard InChI is InChI=1S/C17H23F3O13S/c1-8(21)28-7-12-13(30-9(2)22)14(31-10(3)23)15(32-11(4)24)16(33-12)27-5-6-29-34(25,26)17(18,19)20/h12-16H,5-7H2,1-4H3/t12-,13-,14+,15-,16-/m1/s1. The van der Waals surface area contributed by atoms with E-state index in [0.717, 1.165) is 27.7 Å². The predicted octanol–water partition coefficient (Wildman–Crippen LogP) is -0.0477. The molecule has 1 rings (SSSR count). The van der Waals surface area contributed by atoms with Crippen LogP contribution in [-0.2, 0) is 61.9 Å². The van der Waals surface area contributed by atoms with E-state index in [-0.39, 0.29) is 0 Å². The first-order chi connectivity index (χ1) is 15.5. The van der Waals surface area contributed by atoms with Crippen LogP contribution in [0.3, 0.4) is 0 Å². The molecule has 0 radical (unpaired) electrons. The van der Waals surface area contributed by atoms with E-state index < -0.39 is 90.0 Å². The van der Waals surface area contributed by atoms with E-state index in [1.54, 1.807) is 0 Å². The zero-order chi connectivity index (χ0) is 26.3. The Kier molecular flexibility index (Phi) is 10.7. The average molecular weight is 524 g/mol. The first kappa shape index (κ1) is 29.5. The van der Waals surface area contributed by atoms with Gasteiger partial charge in [0.15, 0.2) is 24.6 Å². The molecule has 1 fully saturated rings. The number of hydrogen-bond acceptors (Lipinski definition) is 13. The first-order valence-electron chi connectivity index (χ1n) is 9.43. The molecule has 0 spiro atoms. The summed E-state index contributed by atoms with van der Waals surface area (Å²) in [5.41, 5.74) is -5.67. The van der Waals surface area contributed by atoms with Crippen molar-refractivity contribution in [3.8, 4) is 0 Å². The van der Waals surface area contributed by atoms with Crippen molar-refractivity contribution in [2.24, 2.45) is 0 Å². The summed E-state index contributed by atoms with van der Waals surface area (Å²) in [6, 6.07) is 0. The van der Waals surface area contributed by atoms with E-state index in [9.17, 15) is 40.8 Å². The zero-order valence-corrected chi connectivity index (χ0v) is 19.2. The molecule has 13 nitrogen and oxygen atoms in total. The Morgan fingerprint density at radius 1 is 0.794 bits per heavy atom. The second-order valence-electron chi connectivity index (χ2n) is 6.66. The highest BCUT2D eigenvalue weighted by atomic mass is 32.2. The minimum Gasteiger partial charge on any atom is -0.463 e. The van der Waals surface area contributed by atoms with Crippen molar-refractivity contribution in [2.45, 2.75) is 63.9 Å². The fourth-order valence-electron chi connectivity index (χ4n) is 2.70. The van der Waals surface area contributed by atoms with Crippen molar-refractivity contribution in [3.63, 3.8) is 0 Å². The number of hydrogen-bond donors (Lipinski definition) is 0. The van der Waals surface area contributed by atoms with Gasteiger partial charge in [-0.25, -0.2) is 0 Å². The van der Waals surface area contributed by atoms with Crippen LogP contribution < -0.4 is 0 Å². The fraction of sp³-hybridized carbons (Fsp3) is 0.765. The van der Waals surface area contributed by atoms with Gasteiger partial charge in [0.2, 0.25) is 0 Å². The largest absolute Gasteiger partial charge is 0.523 e. The molecular formula is C17H23F3O13S. The Morgan fingerprint density at radius 3 is 1.76 bits per heavy atom. The van der Waals surface area contributed by atoms with Gasteiger partial charge in [-0.05, 0) is 0 Å². The van der Waals surface area contributed by atoms with Gasteiger partial charge in [0.05, 0.1) is 13.2 Å². The number of ether oxygens (including phenoxy) is 6.